The zero-order valence-electron chi connectivity index (χ0n) is 8.75. The van der Waals surface area contributed by atoms with Crippen molar-refractivity contribution >= 4 is 0 Å². The van der Waals surface area contributed by atoms with Crippen LogP contribution in [0.3, 0.4) is 0 Å². The molecule has 0 N–H and O–H groups in total. The second kappa shape index (κ2) is 4.86. The quantitative estimate of drug-likeness (QED) is 0.604. The Morgan fingerprint density at radius 1 is 1.23 bits per heavy atom. The second-order valence-corrected chi connectivity index (χ2v) is 3.83. The molecule has 0 heteroatoms. The molecule has 0 bridgehead atoms. The lowest BCUT2D eigenvalue weighted by atomic mass is 9.97. The van der Waals surface area contributed by atoms with Gasteiger partial charge >= 0.3 is 0 Å². The van der Waals surface area contributed by atoms with Crippen LogP contribution in [0.5, 0.6) is 0 Å². The predicted molar refractivity (Wildman–Crippen MR) is 58.9 cm³/mol. The first-order valence-corrected chi connectivity index (χ1v) is 4.88. The van der Waals surface area contributed by atoms with Gasteiger partial charge in [0, 0.05) is 0 Å². The molecule has 1 rings (SSSR count). The summed E-state index contributed by atoms with van der Waals surface area (Å²) in [6.45, 7) is 6.57. The molecule has 1 atom stereocenters. The molecule has 0 heterocycles. The maximum Gasteiger partial charge on any atom is -0.0156 e. The maximum absolute atomic E-state index is 2.30. The fraction of sp³-hybridized carbons (Fsp3) is 0.385. The molecule has 0 aliphatic rings. The molecule has 0 aliphatic heterocycles. The first-order valence-electron chi connectivity index (χ1n) is 4.88. The van der Waals surface area contributed by atoms with E-state index in [0.717, 1.165) is 6.42 Å². The van der Waals surface area contributed by atoms with Crippen molar-refractivity contribution in [2.45, 2.75) is 33.1 Å². The Labute approximate surface area is 81.3 Å². The SMILES string of the molecule is CC(C)=CCC(C)c1ccccc1. The third kappa shape index (κ3) is 3.45. The van der Waals surface area contributed by atoms with E-state index >= 15 is 0 Å². The van der Waals surface area contributed by atoms with Gasteiger partial charge in [-0.3, -0.25) is 0 Å². The van der Waals surface area contributed by atoms with Crippen molar-refractivity contribution in [1.29, 1.82) is 0 Å². The molecule has 1 unspecified atom stereocenters. The fourth-order valence-electron chi connectivity index (χ4n) is 1.33. The van der Waals surface area contributed by atoms with Crippen LogP contribution in [-0.2, 0) is 0 Å². The molecule has 0 radical (unpaired) electrons. The second-order valence-electron chi connectivity index (χ2n) is 3.83. The molecule has 0 saturated carbocycles. The van der Waals surface area contributed by atoms with Crippen LogP contribution in [0, 0.1) is 0 Å². The minimum Gasteiger partial charge on any atom is -0.0853 e. The summed E-state index contributed by atoms with van der Waals surface area (Å²) in [6, 6.07) is 10.7. The lowest BCUT2D eigenvalue weighted by Gasteiger charge is -2.08. The Bertz CT molecular complexity index is 265. The summed E-state index contributed by atoms with van der Waals surface area (Å²) in [5.74, 6) is 0.635. The highest BCUT2D eigenvalue weighted by Crippen LogP contribution is 2.19. The van der Waals surface area contributed by atoms with E-state index in [1.807, 2.05) is 0 Å². The molecule has 70 valence electrons. The van der Waals surface area contributed by atoms with Crippen molar-refractivity contribution in [3.63, 3.8) is 0 Å². The normalized spacial score (nSPS) is 12.2. The van der Waals surface area contributed by atoms with E-state index in [1.165, 1.54) is 11.1 Å². The number of benzene rings is 1. The van der Waals surface area contributed by atoms with Crippen LogP contribution in [0.15, 0.2) is 42.0 Å². The number of hydrogen-bond donors (Lipinski definition) is 0. The minimum absolute atomic E-state index is 0.635. The van der Waals surface area contributed by atoms with Crippen molar-refractivity contribution in [2.24, 2.45) is 0 Å². The van der Waals surface area contributed by atoms with Gasteiger partial charge in [-0.05, 0) is 31.7 Å². The Balaban J connectivity index is 2.59. The van der Waals surface area contributed by atoms with Crippen LogP contribution in [0.25, 0.3) is 0 Å². The molecule has 0 aromatic heterocycles. The van der Waals surface area contributed by atoms with E-state index in [2.05, 4.69) is 57.2 Å². The van der Waals surface area contributed by atoms with E-state index in [1.54, 1.807) is 0 Å². The summed E-state index contributed by atoms with van der Waals surface area (Å²) in [6.07, 6.45) is 3.45. The van der Waals surface area contributed by atoms with Crippen molar-refractivity contribution in [2.75, 3.05) is 0 Å². The third-order valence-electron chi connectivity index (χ3n) is 2.25. The molecule has 1 aromatic rings. The van der Waals surface area contributed by atoms with Gasteiger partial charge < -0.3 is 0 Å². The molecule has 0 spiro atoms. The number of rotatable bonds is 3. The lowest BCUT2D eigenvalue weighted by Crippen LogP contribution is -1.90. The molecule has 0 amide bonds. The van der Waals surface area contributed by atoms with Gasteiger partial charge in [-0.1, -0.05) is 48.9 Å². The van der Waals surface area contributed by atoms with Crippen LogP contribution in [0.1, 0.15) is 38.7 Å². The first-order chi connectivity index (χ1) is 6.20. The van der Waals surface area contributed by atoms with Gasteiger partial charge in [-0.15, -0.1) is 0 Å². The van der Waals surface area contributed by atoms with Gasteiger partial charge in [-0.25, -0.2) is 0 Å². The summed E-state index contributed by atoms with van der Waals surface area (Å²) in [5, 5.41) is 0. The van der Waals surface area contributed by atoms with Gasteiger partial charge in [0.2, 0.25) is 0 Å². The summed E-state index contributed by atoms with van der Waals surface area (Å²) in [4.78, 5) is 0. The lowest BCUT2D eigenvalue weighted by molar-refractivity contribution is 0.776. The van der Waals surface area contributed by atoms with Gasteiger partial charge in [0.05, 0.1) is 0 Å². The standard InChI is InChI=1S/C13H18/c1-11(2)9-10-12(3)13-7-5-4-6-8-13/h4-9,12H,10H2,1-3H3. The maximum atomic E-state index is 2.30. The molecule has 0 aliphatic carbocycles. The van der Waals surface area contributed by atoms with Crippen molar-refractivity contribution in [3.8, 4) is 0 Å². The zero-order chi connectivity index (χ0) is 9.68. The Kier molecular flexibility index (Phi) is 3.75. The van der Waals surface area contributed by atoms with Crippen LogP contribution in [-0.4, -0.2) is 0 Å². The number of allylic oxidation sites excluding steroid dienone is 2. The smallest absolute Gasteiger partial charge is 0.0156 e. The average molecular weight is 174 g/mol. The van der Waals surface area contributed by atoms with Crippen molar-refractivity contribution < 1.29 is 0 Å². The molecule has 1 aromatic carbocycles. The predicted octanol–water partition coefficient (Wildman–Crippen LogP) is 4.15. The van der Waals surface area contributed by atoms with Gasteiger partial charge in [0.25, 0.3) is 0 Å². The van der Waals surface area contributed by atoms with E-state index in [-0.39, 0.29) is 0 Å². The monoisotopic (exact) mass is 174 g/mol. The molecule has 13 heavy (non-hydrogen) atoms. The highest BCUT2D eigenvalue weighted by molar-refractivity contribution is 5.19. The minimum atomic E-state index is 0.635. The van der Waals surface area contributed by atoms with Crippen molar-refractivity contribution in [3.05, 3.63) is 47.5 Å². The van der Waals surface area contributed by atoms with Crippen LogP contribution < -0.4 is 0 Å². The molecular formula is C13H18. The van der Waals surface area contributed by atoms with Gasteiger partial charge in [0.1, 0.15) is 0 Å². The summed E-state index contributed by atoms with van der Waals surface area (Å²) in [7, 11) is 0. The molecule has 0 nitrogen and oxygen atoms in total. The first kappa shape index (κ1) is 10.0. The molecular weight excluding hydrogens is 156 g/mol. The highest BCUT2D eigenvalue weighted by Gasteiger charge is 2.01. The van der Waals surface area contributed by atoms with Gasteiger partial charge in [-0.2, -0.15) is 0 Å². The topological polar surface area (TPSA) is 0 Å². The third-order valence-corrected chi connectivity index (χ3v) is 2.25. The Hall–Kier alpha value is -1.04. The van der Waals surface area contributed by atoms with E-state index in [9.17, 15) is 0 Å². The van der Waals surface area contributed by atoms with E-state index in [0.29, 0.717) is 5.92 Å². The van der Waals surface area contributed by atoms with E-state index < -0.39 is 0 Å². The van der Waals surface area contributed by atoms with Crippen molar-refractivity contribution in [1.82, 2.24) is 0 Å². The Morgan fingerprint density at radius 3 is 2.38 bits per heavy atom. The van der Waals surface area contributed by atoms with Gasteiger partial charge in [0.15, 0.2) is 0 Å². The van der Waals surface area contributed by atoms with Crippen LogP contribution >= 0.6 is 0 Å². The summed E-state index contributed by atoms with van der Waals surface area (Å²) >= 11 is 0. The van der Waals surface area contributed by atoms with Crippen LogP contribution in [0.4, 0.5) is 0 Å². The highest BCUT2D eigenvalue weighted by atomic mass is 14.1. The molecule has 0 saturated heterocycles. The number of hydrogen-bond acceptors (Lipinski definition) is 0. The average Bonchev–Trinajstić information content (AvgIpc) is 2.15. The van der Waals surface area contributed by atoms with E-state index in [4.69, 9.17) is 0 Å². The summed E-state index contributed by atoms with van der Waals surface area (Å²) < 4.78 is 0. The zero-order valence-corrected chi connectivity index (χ0v) is 8.75. The molecule has 0 fully saturated rings. The Morgan fingerprint density at radius 2 is 1.85 bits per heavy atom. The fourth-order valence-corrected chi connectivity index (χ4v) is 1.33. The largest absolute Gasteiger partial charge is 0.0853 e. The summed E-state index contributed by atoms with van der Waals surface area (Å²) in [5.41, 5.74) is 2.84. The van der Waals surface area contributed by atoms with Crippen LogP contribution in [0.2, 0.25) is 0 Å².